The molecule has 0 spiro atoms. The van der Waals surface area contributed by atoms with Gasteiger partial charge in [0.2, 0.25) is 5.95 Å². The fourth-order valence-electron chi connectivity index (χ4n) is 10.6. The topological polar surface area (TPSA) is 53.5 Å². The number of benzene rings is 10. The molecule has 10 aromatic carbocycles. The second kappa shape index (κ2) is 15.6. The maximum absolute atomic E-state index is 5.45. The first-order chi connectivity index (χ1) is 34.2. The lowest BCUT2D eigenvalue weighted by Crippen LogP contribution is -2.06. The minimum atomic E-state index is 0.551. The SMILES string of the molecule is c1ccc(-c2ccc(-c3ccccc3)c(-n3c4ccccc4c4ccc5c(c6ccccc6n5-c5nc(-c6ccccc6)nc(-c6ccc7c(c6)c6ccccc6n7-c6ccccc6)n5)c43)c2)cc1. The van der Waals surface area contributed by atoms with Crippen LogP contribution in [0.3, 0.4) is 0 Å². The van der Waals surface area contributed by atoms with Crippen molar-refractivity contribution in [3.63, 3.8) is 0 Å². The molecule has 322 valence electrons. The van der Waals surface area contributed by atoms with Crippen molar-refractivity contribution in [1.82, 2.24) is 28.7 Å². The maximum Gasteiger partial charge on any atom is 0.238 e. The molecule has 0 aliphatic heterocycles. The van der Waals surface area contributed by atoms with Crippen LogP contribution in [0.1, 0.15) is 0 Å². The number of nitrogens with zero attached hydrogens (tertiary/aromatic N) is 6. The summed E-state index contributed by atoms with van der Waals surface area (Å²) >= 11 is 0. The number of hydrogen-bond donors (Lipinski definition) is 0. The summed E-state index contributed by atoms with van der Waals surface area (Å²) in [5.41, 5.74) is 15.2. The van der Waals surface area contributed by atoms with E-state index in [2.05, 4.69) is 238 Å². The van der Waals surface area contributed by atoms with Gasteiger partial charge < -0.3 is 9.13 Å². The number of para-hydroxylation sites is 4. The standard InChI is InChI=1S/C63H40N6/c1-5-19-41(20-6-1)44-33-35-47(42-21-7-2-8-22-42)58(40-44)68-54-31-17-13-27-48(54)50-36-38-57-59(60(50)68)51-29-15-18-32-55(51)69(57)63-65-61(43-23-9-3-10-24-43)64-62(66-63)45-34-37-56-52(39-45)49-28-14-16-30-53(49)67(56)46-25-11-4-12-26-46/h1-40H. The van der Waals surface area contributed by atoms with Crippen LogP contribution in [0.2, 0.25) is 0 Å². The van der Waals surface area contributed by atoms with E-state index in [4.69, 9.17) is 15.0 Å². The zero-order valence-electron chi connectivity index (χ0n) is 37.3. The predicted octanol–water partition coefficient (Wildman–Crippen LogP) is 15.8. The van der Waals surface area contributed by atoms with Gasteiger partial charge in [0, 0.05) is 54.7 Å². The van der Waals surface area contributed by atoms with Crippen molar-refractivity contribution < 1.29 is 0 Å². The number of fused-ring (bicyclic) bond motifs is 10. The second-order valence-electron chi connectivity index (χ2n) is 17.6. The Morgan fingerprint density at radius 2 is 0.783 bits per heavy atom. The van der Waals surface area contributed by atoms with Gasteiger partial charge in [0.1, 0.15) is 0 Å². The summed E-state index contributed by atoms with van der Waals surface area (Å²) < 4.78 is 7.07. The summed E-state index contributed by atoms with van der Waals surface area (Å²) in [6, 6.07) is 86.3. The van der Waals surface area contributed by atoms with Crippen molar-refractivity contribution in [3.05, 3.63) is 243 Å². The molecule has 6 heteroatoms. The summed E-state index contributed by atoms with van der Waals surface area (Å²) in [5.74, 6) is 1.76. The largest absolute Gasteiger partial charge is 0.309 e. The molecule has 0 unspecified atom stereocenters. The molecule has 14 aromatic rings. The minimum Gasteiger partial charge on any atom is -0.309 e. The molecular formula is C63H40N6. The zero-order valence-corrected chi connectivity index (χ0v) is 37.3. The van der Waals surface area contributed by atoms with Crippen LogP contribution in [-0.2, 0) is 0 Å². The first-order valence-corrected chi connectivity index (χ1v) is 23.4. The van der Waals surface area contributed by atoms with Gasteiger partial charge in [-0.1, -0.05) is 182 Å². The Morgan fingerprint density at radius 3 is 1.48 bits per heavy atom. The Balaban J connectivity index is 1.06. The van der Waals surface area contributed by atoms with Gasteiger partial charge in [0.15, 0.2) is 11.6 Å². The van der Waals surface area contributed by atoms with Crippen LogP contribution in [-0.4, -0.2) is 28.7 Å². The number of aromatic nitrogens is 6. The summed E-state index contributed by atoms with van der Waals surface area (Å²) in [5, 5.41) is 6.90. The van der Waals surface area contributed by atoms with Crippen LogP contribution < -0.4 is 0 Å². The molecule has 14 rings (SSSR count). The molecule has 0 N–H and O–H groups in total. The van der Waals surface area contributed by atoms with Crippen molar-refractivity contribution in [2.24, 2.45) is 0 Å². The summed E-state index contributed by atoms with van der Waals surface area (Å²) in [4.78, 5) is 16.1. The highest BCUT2D eigenvalue weighted by molar-refractivity contribution is 6.26. The van der Waals surface area contributed by atoms with Crippen molar-refractivity contribution in [2.45, 2.75) is 0 Å². The second-order valence-corrected chi connectivity index (χ2v) is 17.6. The summed E-state index contributed by atoms with van der Waals surface area (Å²) in [6.07, 6.45) is 0. The van der Waals surface area contributed by atoms with Crippen molar-refractivity contribution >= 4 is 65.4 Å². The molecule has 6 nitrogen and oxygen atoms in total. The first kappa shape index (κ1) is 38.8. The van der Waals surface area contributed by atoms with Crippen LogP contribution >= 0.6 is 0 Å². The molecule has 4 heterocycles. The minimum absolute atomic E-state index is 0.551. The lowest BCUT2D eigenvalue weighted by atomic mass is 9.97. The van der Waals surface area contributed by atoms with Gasteiger partial charge in [-0.15, -0.1) is 0 Å². The molecule has 0 atom stereocenters. The van der Waals surface area contributed by atoms with Gasteiger partial charge in [-0.3, -0.25) is 4.57 Å². The molecule has 4 aromatic heterocycles. The smallest absolute Gasteiger partial charge is 0.238 e. The van der Waals surface area contributed by atoms with Gasteiger partial charge in [-0.05, 0) is 77.4 Å². The zero-order chi connectivity index (χ0) is 45.4. The van der Waals surface area contributed by atoms with Crippen LogP contribution in [0.15, 0.2) is 243 Å². The Kier molecular flexibility index (Phi) is 8.79. The molecule has 0 saturated carbocycles. The predicted molar refractivity (Wildman–Crippen MR) is 285 cm³/mol. The Hall–Kier alpha value is -9.39. The third kappa shape index (κ3) is 6.16. The normalized spacial score (nSPS) is 11.8. The quantitative estimate of drug-likeness (QED) is 0.160. The molecular weight excluding hydrogens is 841 g/mol. The summed E-state index contributed by atoms with van der Waals surface area (Å²) in [6.45, 7) is 0. The molecule has 0 aliphatic carbocycles. The number of rotatable bonds is 7. The van der Waals surface area contributed by atoms with E-state index in [0.717, 1.165) is 88.5 Å². The van der Waals surface area contributed by atoms with E-state index in [1.54, 1.807) is 0 Å². The van der Waals surface area contributed by atoms with Crippen LogP contribution in [0.25, 0.3) is 128 Å². The van der Waals surface area contributed by atoms with Crippen molar-refractivity contribution in [2.75, 3.05) is 0 Å². The van der Waals surface area contributed by atoms with Gasteiger partial charge in [-0.2, -0.15) is 9.97 Å². The Labute approximate surface area is 397 Å². The molecule has 0 saturated heterocycles. The highest BCUT2D eigenvalue weighted by Gasteiger charge is 2.25. The fourth-order valence-corrected chi connectivity index (χ4v) is 10.6. The monoisotopic (exact) mass is 880 g/mol. The van der Waals surface area contributed by atoms with E-state index in [1.807, 2.05) is 18.2 Å². The van der Waals surface area contributed by atoms with E-state index in [0.29, 0.717) is 17.6 Å². The van der Waals surface area contributed by atoms with Crippen LogP contribution in [0.4, 0.5) is 0 Å². The van der Waals surface area contributed by atoms with E-state index >= 15 is 0 Å². The average molecular weight is 881 g/mol. The lowest BCUT2D eigenvalue weighted by molar-refractivity contribution is 0.954. The maximum atomic E-state index is 5.45. The van der Waals surface area contributed by atoms with Gasteiger partial charge in [0.25, 0.3) is 0 Å². The number of hydrogen-bond acceptors (Lipinski definition) is 3. The summed E-state index contributed by atoms with van der Waals surface area (Å²) in [7, 11) is 0. The average Bonchev–Trinajstić information content (AvgIpc) is 4.07. The van der Waals surface area contributed by atoms with Gasteiger partial charge >= 0.3 is 0 Å². The third-order valence-electron chi connectivity index (χ3n) is 13.7. The van der Waals surface area contributed by atoms with E-state index in [-0.39, 0.29) is 0 Å². The van der Waals surface area contributed by atoms with Crippen molar-refractivity contribution in [3.8, 4) is 62.4 Å². The first-order valence-electron chi connectivity index (χ1n) is 23.4. The van der Waals surface area contributed by atoms with E-state index in [9.17, 15) is 0 Å². The molecule has 69 heavy (non-hydrogen) atoms. The molecule has 0 fully saturated rings. The van der Waals surface area contributed by atoms with Gasteiger partial charge in [0.05, 0.1) is 38.8 Å². The Bertz CT molecular complexity index is 4280. The highest BCUT2D eigenvalue weighted by Crippen LogP contribution is 2.44. The highest BCUT2D eigenvalue weighted by atomic mass is 15.2. The molecule has 0 bridgehead atoms. The van der Waals surface area contributed by atoms with E-state index in [1.165, 1.54) is 21.7 Å². The van der Waals surface area contributed by atoms with E-state index < -0.39 is 0 Å². The fraction of sp³-hybridized carbons (Fsp3) is 0. The molecule has 0 amide bonds. The van der Waals surface area contributed by atoms with Crippen LogP contribution in [0.5, 0.6) is 0 Å². The Morgan fingerprint density at radius 1 is 0.275 bits per heavy atom. The molecule has 0 radical (unpaired) electrons. The third-order valence-corrected chi connectivity index (χ3v) is 13.7. The van der Waals surface area contributed by atoms with Gasteiger partial charge in [-0.25, -0.2) is 4.98 Å². The molecule has 0 aliphatic rings. The van der Waals surface area contributed by atoms with Crippen LogP contribution in [0, 0.1) is 0 Å². The van der Waals surface area contributed by atoms with Crippen molar-refractivity contribution in [1.29, 1.82) is 0 Å². The lowest BCUT2D eigenvalue weighted by Gasteiger charge is -2.17.